The van der Waals surface area contributed by atoms with Crippen LogP contribution >= 0.6 is 0 Å². The number of pyridine rings is 1. The molecule has 4 nitrogen and oxygen atoms in total. The van der Waals surface area contributed by atoms with Crippen molar-refractivity contribution < 1.29 is 9.47 Å². The average Bonchev–Trinajstić information content (AvgIpc) is 2.50. The highest BCUT2D eigenvalue weighted by Crippen LogP contribution is 2.41. The Balaban J connectivity index is 1.75. The molecule has 0 bridgehead atoms. The molecular formula is C16H24N2O2. The maximum atomic E-state index is 6.14. The van der Waals surface area contributed by atoms with Crippen molar-refractivity contribution in [2.75, 3.05) is 26.9 Å². The van der Waals surface area contributed by atoms with E-state index in [1.165, 1.54) is 5.56 Å². The summed E-state index contributed by atoms with van der Waals surface area (Å²) in [5, 5.41) is 3.48. The van der Waals surface area contributed by atoms with E-state index in [9.17, 15) is 0 Å². The van der Waals surface area contributed by atoms with Gasteiger partial charge in [0.25, 0.3) is 0 Å². The molecule has 0 aliphatic carbocycles. The molecule has 2 atom stereocenters. The molecule has 2 unspecified atom stereocenters. The Morgan fingerprint density at radius 2 is 2.20 bits per heavy atom. The van der Waals surface area contributed by atoms with Gasteiger partial charge < -0.3 is 14.8 Å². The number of aromatic nitrogens is 1. The molecule has 1 aromatic rings. The van der Waals surface area contributed by atoms with Crippen molar-refractivity contribution in [3.63, 3.8) is 0 Å². The van der Waals surface area contributed by atoms with E-state index >= 15 is 0 Å². The lowest BCUT2D eigenvalue weighted by Crippen LogP contribution is -2.46. The molecule has 2 aliphatic heterocycles. The normalized spacial score (nSPS) is 27.4. The Morgan fingerprint density at radius 3 is 2.90 bits per heavy atom. The summed E-state index contributed by atoms with van der Waals surface area (Å²) in [5.74, 6) is 0.607. The van der Waals surface area contributed by atoms with E-state index in [0.717, 1.165) is 45.5 Å². The van der Waals surface area contributed by atoms with Gasteiger partial charge in [-0.1, -0.05) is 6.07 Å². The summed E-state index contributed by atoms with van der Waals surface area (Å²) in [6.07, 6.45) is 8.12. The molecule has 110 valence electrons. The van der Waals surface area contributed by atoms with Gasteiger partial charge in [-0.2, -0.15) is 0 Å². The van der Waals surface area contributed by atoms with E-state index in [-0.39, 0.29) is 5.60 Å². The van der Waals surface area contributed by atoms with Crippen LogP contribution in [0.3, 0.4) is 0 Å². The first-order valence-electron chi connectivity index (χ1n) is 7.62. The topological polar surface area (TPSA) is 43.4 Å². The molecule has 3 rings (SSSR count). The maximum absolute atomic E-state index is 6.14. The van der Waals surface area contributed by atoms with Gasteiger partial charge in [-0.15, -0.1) is 0 Å². The summed E-state index contributed by atoms with van der Waals surface area (Å²) < 4.78 is 11.6. The Kier molecular flexibility index (Phi) is 4.34. The van der Waals surface area contributed by atoms with Gasteiger partial charge in [0.2, 0.25) is 0 Å². The van der Waals surface area contributed by atoms with Crippen LogP contribution < -0.4 is 5.32 Å². The number of ether oxygens (including phenoxy) is 2. The lowest BCUT2D eigenvalue weighted by Gasteiger charge is -2.45. The second-order valence-electron chi connectivity index (χ2n) is 5.95. The van der Waals surface area contributed by atoms with E-state index in [1.807, 2.05) is 25.5 Å². The molecule has 2 saturated heterocycles. The van der Waals surface area contributed by atoms with Gasteiger partial charge in [-0.3, -0.25) is 4.98 Å². The molecule has 3 heterocycles. The summed E-state index contributed by atoms with van der Waals surface area (Å²) in [4.78, 5) is 4.26. The van der Waals surface area contributed by atoms with Gasteiger partial charge in [0.15, 0.2) is 0 Å². The fourth-order valence-corrected chi connectivity index (χ4v) is 3.68. The molecule has 2 fully saturated rings. The van der Waals surface area contributed by atoms with Crippen LogP contribution in [-0.2, 0) is 9.47 Å². The minimum Gasteiger partial charge on any atom is -0.381 e. The second-order valence-corrected chi connectivity index (χ2v) is 5.95. The highest BCUT2D eigenvalue weighted by Gasteiger charge is 2.41. The molecule has 0 aromatic carbocycles. The number of nitrogens with one attached hydrogen (secondary N) is 1. The minimum atomic E-state index is 0.0540. The van der Waals surface area contributed by atoms with Crippen molar-refractivity contribution in [3.05, 3.63) is 30.1 Å². The first kappa shape index (κ1) is 14.0. The van der Waals surface area contributed by atoms with E-state index in [0.29, 0.717) is 12.0 Å². The van der Waals surface area contributed by atoms with Crippen molar-refractivity contribution in [3.8, 4) is 0 Å². The van der Waals surface area contributed by atoms with E-state index in [2.05, 4.69) is 16.4 Å². The van der Waals surface area contributed by atoms with Crippen LogP contribution in [-0.4, -0.2) is 37.5 Å². The van der Waals surface area contributed by atoms with Gasteiger partial charge in [0.05, 0.1) is 5.60 Å². The molecule has 0 radical (unpaired) electrons. The van der Waals surface area contributed by atoms with E-state index in [4.69, 9.17) is 9.47 Å². The molecule has 2 aliphatic rings. The minimum absolute atomic E-state index is 0.0540. The number of hydrogen-bond acceptors (Lipinski definition) is 4. The Morgan fingerprint density at radius 1 is 1.35 bits per heavy atom. The van der Waals surface area contributed by atoms with Crippen LogP contribution in [0.25, 0.3) is 0 Å². The molecule has 1 N–H and O–H groups in total. The summed E-state index contributed by atoms with van der Waals surface area (Å²) >= 11 is 0. The van der Waals surface area contributed by atoms with Crippen LogP contribution in [0.2, 0.25) is 0 Å². The predicted octanol–water partition coefficient (Wildman–Crippen LogP) is 2.32. The van der Waals surface area contributed by atoms with Gasteiger partial charge >= 0.3 is 0 Å². The van der Waals surface area contributed by atoms with Crippen LogP contribution in [0.15, 0.2) is 24.5 Å². The highest BCUT2D eigenvalue weighted by atomic mass is 16.5. The SMILES string of the molecule is CNC(c1cccnc1)C1CCOC2(CCOCC2)C1. The van der Waals surface area contributed by atoms with Crippen molar-refractivity contribution in [2.45, 2.75) is 37.3 Å². The zero-order valence-corrected chi connectivity index (χ0v) is 12.2. The zero-order valence-electron chi connectivity index (χ0n) is 12.2. The standard InChI is InChI=1S/C16H24N2O2/c1-17-15(14-3-2-7-18-12-14)13-4-8-20-16(11-13)5-9-19-10-6-16/h2-3,7,12-13,15,17H,4-6,8-11H2,1H3. The molecule has 4 heteroatoms. The average molecular weight is 276 g/mol. The largest absolute Gasteiger partial charge is 0.381 e. The quantitative estimate of drug-likeness (QED) is 0.920. The van der Waals surface area contributed by atoms with Crippen molar-refractivity contribution in [1.29, 1.82) is 0 Å². The number of hydrogen-bond donors (Lipinski definition) is 1. The Hall–Kier alpha value is -0.970. The highest BCUT2D eigenvalue weighted by molar-refractivity contribution is 5.15. The first-order chi connectivity index (χ1) is 9.83. The van der Waals surface area contributed by atoms with Crippen LogP contribution in [0.5, 0.6) is 0 Å². The van der Waals surface area contributed by atoms with Gasteiger partial charge in [-0.05, 0) is 50.3 Å². The monoisotopic (exact) mass is 276 g/mol. The maximum Gasteiger partial charge on any atom is 0.0729 e. The molecule has 1 aromatic heterocycles. The first-order valence-corrected chi connectivity index (χ1v) is 7.62. The molecule has 1 spiro atoms. The molecular weight excluding hydrogens is 252 g/mol. The predicted molar refractivity (Wildman–Crippen MR) is 77.5 cm³/mol. The third-order valence-corrected chi connectivity index (χ3v) is 4.76. The lowest BCUT2D eigenvalue weighted by atomic mass is 9.76. The third-order valence-electron chi connectivity index (χ3n) is 4.76. The fraction of sp³-hybridized carbons (Fsp3) is 0.688. The van der Waals surface area contributed by atoms with Crippen LogP contribution in [0.1, 0.15) is 37.3 Å². The Bertz CT molecular complexity index is 412. The van der Waals surface area contributed by atoms with Crippen molar-refractivity contribution in [2.24, 2.45) is 5.92 Å². The van der Waals surface area contributed by atoms with Crippen LogP contribution in [0.4, 0.5) is 0 Å². The zero-order chi connectivity index (χ0) is 13.8. The molecule has 0 amide bonds. The second kappa shape index (κ2) is 6.20. The summed E-state index contributed by atoms with van der Waals surface area (Å²) in [7, 11) is 2.05. The third kappa shape index (κ3) is 2.87. The fourth-order valence-electron chi connectivity index (χ4n) is 3.68. The molecule has 0 saturated carbocycles. The number of nitrogens with zero attached hydrogens (tertiary/aromatic N) is 1. The lowest BCUT2D eigenvalue weighted by molar-refractivity contribution is -0.150. The van der Waals surface area contributed by atoms with Gasteiger partial charge in [-0.25, -0.2) is 0 Å². The molecule has 20 heavy (non-hydrogen) atoms. The van der Waals surface area contributed by atoms with Crippen molar-refractivity contribution >= 4 is 0 Å². The smallest absolute Gasteiger partial charge is 0.0729 e. The van der Waals surface area contributed by atoms with Crippen molar-refractivity contribution in [1.82, 2.24) is 10.3 Å². The van der Waals surface area contributed by atoms with Crippen LogP contribution in [0, 0.1) is 5.92 Å². The Labute approximate surface area is 120 Å². The van der Waals surface area contributed by atoms with E-state index in [1.54, 1.807) is 0 Å². The summed E-state index contributed by atoms with van der Waals surface area (Å²) in [5.41, 5.74) is 1.34. The number of rotatable bonds is 3. The summed E-state index contributed by atoms with van der Waals surface area (Å²) in [6, 6.07) is 4.55. The summed E-state index contributed by atoms with van der Waals surface area (Å²) in [6.45, 7) is 2.54. The van der Waals surface area contributed by atoms with Gasteiger partial charge in [0, 0.05) is 38.3 Å². The van der Waals surface area contributed by atoms with Gasteiger partial charge in [0.1, 0.15) is 0 Å². The van der Waals surface area contributed by atoms with E-state index < -0.39 is 0 Å².